The van der Waals surface area contributed by atoms with Gasteiger partial charge in [0.25, 0.3) is 0 Å². The van der Waals surface area contributed by atoms with Gasteiger partial charge in [-0.15, -0.1) is 11.6 Å². The maximum atomic E-state index is 12.0. The lowest BCUT2D eigenvalue weighted by Crippen LogP contribution is -2.39. The van der Waals surface area contributed by atoms with Crippen LogP contribution in [0.2, 0.25) is 0 Å². The van der Waals surface area contributed by atoms with Crippen molar-refractivity contribution in [3.8, 4) is 5.88 Å². The minimum Gasteiger partial charge on any atom is -0.476 e. The lowest BCUT2D eigenvalue weighted by molar-refractivity contribution is -0.0432. The molecule has 17 nitrogen and oxygen atoms in total. The summed E-state index contributed by atoms with van der Waals surface area (Å²) in [6, 6.07) is 0. The van der Waals surface area contributed by atoms with Gasteiger partial charge in [-0.2, -0.15) is 13.6 Å². The van der Waals surface area contributed by atoms with Crippen molar-refractivity contribution in [1.29, 1.82) is 0 Å². The molecule has 2 aromatic heterocycles. The summed E-state index contributed by atoms with van der Waals surface area (Å²) in [4.78, 5) is 46.7. The van der Waals surface area contributed by atoms with E-state index < -0.39 is 53.4 Å². The second kappa shape index (κ2) is 9.79. The van der Waals surface area contributed by atoms with Gasteiger partial charge in [0.05, 0.1) is 19.5 Å². The van der Waals surface area contributed by atoms with Crippen molar-refractivity contribution in [3.05, 3.63) is 12.7 Å². The number of aliphatic hydroxyl groups is 1. The van der Waals surface area contributed by atoms with Gasteiger partial charge in [0.2, 0.25) is 5.88 Å². The number of ether oxygens (including phenoxy) is 2. The zero-order valence-corrected chi connectivity index (χ0v) is 20.8. The Morgan fingerprint density at radius 3 is 2.44 bits per heavy atom. The maximum absolute atomic E-state index is 12.0. The number of aliphatic hydroxyl groups excluding tert-OH is 1. The first-order chi connectivity index (χ1) is 15.6. The molecule has 0 aromatic carbocycles. The Balaban J connectivity index is 1.76. The van der Waals surface area contributed by atoms with E-state index in [0.29, 0.717) is 6.61 Å². The fourth-order valence-electron chi connectivity index (χ4n) is 3.07. The fourth-order valence-corrected chi connectivity index (χ4v) is 6.39. The summed E-state index contributed by atoms with van der Waals surface area (Å²) in [5.41, 5.74) is 0.530. The molecule has 21 heteroatoms. The first kappa shape index (κ1) is 27.6. The molecule has 1 aliphatic heterocycles. The van der Waals surface area contributed by atoms with E-state index in [0.717, 1.165) is 0 Å². The average Bonchev–Trinajstić information content (AvgIpc) is 3.18. The topological polar surface area (TPSA) is 242 Å². The highest BCUT2D eigenvalue weighted by atomic mass is 35.5. The van der Waals surface area contributed by atoms with E-state index in [-0.39, 0.29) is 17.0 Å². The van der Waals surface area contributed by atoms with Crippen LogP contribution in [0.15, 0.2) is 12.7 Å². The number of hydrogen-bond donors (Lipinski definition) is 5. The van der Waals surface area contributed by atoms with E-state index in [1.165, 1.54) is 24.1 Å². The molecule has 192 valence electrons. The molecule has 5 N–H and O–H groups in total. The summed E-state index contributed by atoms with van der Waals surface area (Å²) in [5, 5.41) is 10.6. The number of alkyl halides is 1. The molecule has 0 bridgehead atoms. The Bertz CT molecular complexity index is 1190. The van der Waals surface area contributed by atoms with Gasteiger partial charge < -0.3 is 34.2 Å². The molecule has 0 saturated carbocycles. The van der Waals surface area contributed by atoms with Gasteiger partial charge in [0, 0.05) is 0 Å². The summed E-state index contributed by atoms with van der Waals surface area (Å²) >= 11 is 6.49. The monoisotopic (exact) mass is 568 g/mol. The summed E-state index contributed by atoms with van der Waals surface area (Å²) < 4.78 is 58.3. The lowest BCUT2D eigenvalue weighted by Gasteiger charge is -2.26. The molecule has 34 heavy (non-hydrogen) atoms. The highest BCUT2D eigenvalue weighted by molar-refractivity contribution is 7.66. The van der Waals surface area contributed by atoms with Crippen LogP contribution in [0.4, 0.5) is 0 Å². The average molecular weight is 569 g/mol. The molecule has 0 spiro atoms. The van der Waals surface area contributed by atoms with Crippen molar-refractivity contribution in [3.63, 3.8) is 0 Å². The molecule has 6 atom stereocenters. The molecule has 0 amide bonds. The predicted octanol–water partition coefficient (Wildman–Crippen LogP) is 0.824. The van der Waals surface area contributed by atoms with Gasteiger partial charge in [-0.1, -0.05) is 0 Å². The number of imidazole rings is 1. The smallest absolute Gasteiger partial charge is 0.476 e. The molecule has 3 rings (SSSR count). The van der Waals surface area contributed by atoms with Crippen LogP contribution in [0, 0.1) is 0 Å². The number of hydrogen-bond acceptors (Lipinski definition) is 12. The predicted molar refractivity (Wildman–Crippen MR) is 110 cm³/mol. The molecule has 3 heterocycles. The Morgan fingerprint density at radius 1 is 1.15 bits per heavy atom. The normalized spacial score (nSPS) is 29.1. The largest absolute Gasteiger partial charge is 0.490 e. The summed E-state index contributed by atoms with van der Waals surface area (Å²) in [6.07, 6.45) is -1.49. The summed E-state index contributed by atoms with van der Waals surface area (Å²) in [7, 11) is -16.7. The van der Waals surface area contributed by atoms with Crippen LogP contribution in [0.1, 0.15) is 20.1 Å². The number of aromatic nitrogens is 4. The van der Waals surface area contributed by atoms with Gasteiger partial charge in [0.1, 0.15) is 23.4 Å². The summed E-state index contributed by atoms with van der Waals surface area (Å²) in [5.74, 6) is 0.199. The minimum absolute atomic E-state index is 0.199. The minimum atomic E-state index is -5.70. The standard InChI is InChI=1S/C13H20ClN4O13P3/c1-3-27-11-8-10(15-5-16-11)18(6-17-8)12-13(2,14)9(19)7(29-12)4-28-33(23,24)31-34(25,26)30-32(20,21)22/h5-7,9,12,19H,3-4H2,1-2H3,(H,23,24)(H,25,26)(H2,20,21,22). The van der Waals surface area contributed by atoms with Crippen LogP contribution in [0.25, 0.3) is 11.2 Å². The lowest BCUT2D eigenvalue weighted by atomic mass is 10.0. The first-order valence-corrected chi connectivity index (χ1v) is 14.1. The van der Waals surface area contributed by atoms with Crippen molar-refractivity contribution in [1.82, 2.24) is 19.5 Å². The third-order valence-corrected chi connectivity index (χ3v) is 8.61. The van der Waals surface area contributed by atoms with E-state index in [4.69, 9.17) is 30.9 Å². The third kappa shape index (κ3) is 6.20. The van der Waals surface area contributed by atoms with Crippen molar-refractivity contribution in [2.45, 2.75) is 37.2 Å². The third-order valence-electron chi connectivity index (χ3n) is 4.39. The number of nitrogens with zero attached hydrogens (tertiary/aromatic N) is 4. The Labute approximate surface area is 196 Å². The molecular formula is C13H20ClN4O13P3. The molecular weight excluding hydrogens is 549 g/mol. The van der Waals surface area contributed by atoms with Crippen LogP contribution >= 0.6 is 35.1 Å². The van der Waals surface area contributed by atoms with Crippen LogP contribution in [0.5, 0.6) is 5.88 Å². The van der Waals surface area contributed by atoms with Crippen molar-refractivity contribution < 1.29 is 61.0 Å². The van der Waals surface area contributed by atoms with E-state index in [1.54, 1.807) is 6.92 Å². The van der Waals surface area contributed by atoms with Gasteiger partial charge in [0.15, 0.2) is 17.4 Å². The zero-order chi connectivity index (χ0) is 25.5. The SMILES string of the molecule is CCOc1ncnc2c1ncn2C1OC(COP(=O)(O)OP(=O)(O)OP(=O)(O)O)C(O)C1(C)Cl. The van der Waals surface area contributed by atoms with E-state index in [9.17, 15) is 28.6 Å². The van der Waals surface area contributed by atoms with Crippen LogP contribution in [0.3, 0.4) is 0 Å². The number of fused-ring (bicyclic) bond motifs is 1. The zero-order valence-electron chi connectivity index (χ0n) is 17.3. The van der Waals surface area contributed by atoms with E-state index >= 15 is 0 Å². The first-order valence-electron chi connectivity index (χ1n) is 9.17. The number of phosphoric acid groups is 3. The highest BCUT2D eigenvalue weighted by Crippen LogP contribution is 2.66. The molecule has 6 unspecified atom stereocenters. The van der Waals surface area contributed by atoms with Gasteiger partial charge >= 0.3 is 23.5 Å². The van der Waals surface area contributed by atoms with E-state index in [2.05, 4.69) is 28.1 Å². The Morgan fingerprint density at radius 2 is 1.82 bits per heavy atom. The number of phosphoric ester groups is 1. The molecule has 1 aliphatic rings. The van der Waals surface area contributed by atoms with Gasteiger partial charge in [-0.05, 0) is 13.8 Å². The van der Waals surface area contributed by atoms with Crippen LogP contribution in [-0.2, 0) is 31.6 Å². The van der Waals surface area contributed by atoms with Crippen LogP contribution < -0.4 is 4.74 Å². The molecule has 0 radical (unpaired) electrons. The quantitative estimate of drug-likeness (QED) is 0.197. The highest BCUT2D eigenvalue weighted by Gasteiger charge is 2.54. The number of halogens is 1. The van der Waals surface area contributed by atoms with Crippen LogP contribution in [-0.4, -0.2) is 74.5 Å². The van der Waals surface area contributed by atoms with Crippen molar-refractivity contribution in [2.75, 3.05) is 13.2 Å². The fraction of sp³-hybridized carbons (Fsp3) is 0.615. The Kier molecular flexibility index (Phi) is 7.93. The second-order valence-electron chi connectivity index (χ2n) is 6.95. The maximum Gasteiger partial charge on any atom is 0.490 e. The van der Waals surface area contributed by atoms with Crippen molar-refractivity contribution >= 4 is 46.2 Å². The Hall–Kier alpha value is -1.03. The summed E-state index contributed by atoms with van der Waals surface area (Å²) in [6.45, 7) is 2.58. The van der Waals surface area contributed by atoms with Gasteiger partial charge in [-0.25, -0.2) is 23.7 Å². The number of rotatable bonds is 10. The molecule has 0 aliphatic carbocycles. The molecule has 1 fully saturated rings. The van der Waals surface area contributed by atoms with Gasteiger partial charge in [-0.3, -0.25) is 9.09 Å². The van der Waals surface area contributed by atoms with Crippen molar-refractivity contribution in [2.24, 2.45) is 0 Å². The molecule has 2 aromatic rings. The molecule has 1 saturated heterocycles. The second-order valence-corrected chi connectivity index (χ2v) is 12.2. The van der Waals surface area contributed by atoms with E-state index in [1.807, 2.05) is 0 Å².